The standard InChI is InChI=1S/C20H24FN3O3/c1-24(2)18(14-6-10-17(27-3)11-7-14)12-22-19(25)13-23-20(26)15-4-8-16(21)9-5-15/h4-11,18H,12-13H2,1-3H3,(H,22,25)(H,23,26). The second kappa shape index (κ2) is 9.68. The van der Waals surface area contributed by atoms with Crippen LogP contribution in [0.1, 0.15) is 22.0 Å². The summed E-state index contributed by atoms with van der Waals surface area (Å²) in [6.07, 6.45) is 0. The Morgan fingerprint density at radius 3 is 2.22 bits per heavy atom. The van der Waals surface area contributed by atoms with Crippen molar-refractivity contribution in [3.8, 4) is 5.75 Å². The maximum Gasteiger partial charge on any atom is 0.251 e. The molecule has 2 aromatic rings. The van der Waals surface area contributed by atoms with Crippen LogP contribution < -0.4 is 15.4 Å². The summed E-state index contributed by atoms with van der Waals surface area (Å²) in [4.78, 5) is 26.0. The molecule has 0 saturated heterocycles. The number of methoxy groups -OCH3 is 1. The molecule has 2 N–H and O–H groups in total. The monoisotopic (exact) mass is 373 g/mol. The number of carbonyl (C=O) groups is 2. The Morgan fingerprint density at radius 2 is 1.67 bits per heavy atom. The van der Waals surface area contributed by atoms with Crippen molar-refractivity contribution in [3.63, 3.8) is 0 Å². The number of nitrogens with zero attached hydrogens (tertiary/aromatic N) is 1. The van der Waals surface area contributed by atoms with E-state index in [2.05, 4.69) is 10.6 Å². The lowest BCUT2D eigenvalue weighted by Gasteiger charge is -2.25. The molecular formula is C20H24FN3O3. The molecule has 1 atom stereocenters. The van der Waals surface area contributed by atoms with Crippen molar-refractivity contribution < 1.29 is 18.7 Å². The molecule has 6 nitrogen and oxygen atoms in total. The first kappa shape index (κ1) is 20.4. The third-order valence-electron chi connectivity index (χ3n) is 4.13. The maximum absolute atomic E-state index is 12.9. The number of hydrogen-bond donors (Lipinski definition) is 2. The minimum absolute atomic E-state index is 0.0207. The van der Waals surface area contributed by atoms with Gasteiger partial charge in [0.2, 0.25) is 5.91 Å². The summed E-state index contributed by atoms with van der Waals surface area (Å²) < 4.78 is 18.0. The fourth-order valence-electron chi connectivity index (χ4n) is 2.56. The van der Waals surface area contributed by atoms with Crippen LogP contribution in [0.15, 0.2) is 48.5 Å². The minimum Gasteiger partial charge on any atom is -0.497 e. The van der Waals surface area contributed by atoms with E-state index >= 15 is 0 Å². The van der Waals surface area contributed by atoms with Gasteiger partial charge in [-0.3, -0.25) is 9.59 Å². The van der Waals surface area contributed by atoms with Crippen molar-refractivity contribution in [2.75, 3.05) is 34.3 Å². The Hall–Kier alpha value is -2.93. The van der Waals surface area contributed by atoms with Crippen LogP contribution in [0, 0.1) is 5.82 Å². The summed E-state index contributed by atoms with van der Waals surface area (Å²) in [6, 6.07) is 12.8. The first-order valence-electron chi connectivity index (χ1n) is 8.51. The third kappa shape index (κ3) is 6.07. The van der Waals surface area contributed by atoms with Crippen molar-refractivity contribution in [2.45, 2.75) is 6.04 Å². The summed E-state index contributed by atoms with van der Waals surface area (Å²) in [5.74, 6) is -0.378. The van der Waals surface area contributed by atoms with Crippen LogP contribution in [0.5, 0.6) is 5.75 Å². The largest absolute Gasteiger partial charge is 0.497 e. The third-order valence-corrected chi connectivity index (χ3v) is 4.13. The van der Waals surface area contributed by atoms with Crippen molar-refractivity contribution in [1.82, 2.24) is 15.5 Å². The smallest absolute Gasteiger partial charge is 0.251 e. The summed E-state index contributed by atoms with van der Waals surface area (Å²) in [6.45, 7) is 0.240. The van der Waals surface area contributed by atoms with Crippen LogP contribution >= 0.6 is 0 Å². The number of carbonyl (C=O) groups excluding carboxylic acids is 2. The fourth-order valence-corrected chi connectivity index (χ4v) is 2.56. The number of nitrogens with one attached hydrogen (secondary N) is 2. The van der Waals surface area contributed by atoms with E-state index in [1.807, 2.05) is 43.3 Å². The van der Waals surface area contributed by atoms with Gasteiger partial charge in [-0.25, -0.2) is 4.39 Å². The highest BCUT2D eigenvalue weighted by Gasteiger charge is 2.16. The number of rotatable bonds is 8. The molecular weight excluding hydrogens is 349 g/mol. The molecule has 2 aromatic carbocycles. The van der Waals surface area contributed by atoms with E-state index in [-0.39, 0.29) is 18.5 Å². The first-order chi connectivity index (χ1) is 12.9. The van der Waals surface area contributed by atoms with Crippen molar-refractivity contribution >= 4 is 11.8 Å². The number of likely N-dealkylation sites (N-methyl/N-ethyl adjacent to an activating group) is 1. The number of ether oxygens (including phenoxy) is 1. The van der Waals surface area contributed by atoms with Gasteiger partial charge < -0.3 is 20.3 Å². The van der Waals surface area contributed by atoms with Crippen molar-refractivity contribution in [2.24, 2.45) is 0 Å². The molecule has 1 unspecified atom stereocenters. The highest BCUT2D eigenvalue weighted by molar-refractivity contribution is 5.96. The lowest BCUT2D eigenvalue weighted by Crippen LogP contribution is -2.40. The van der Waals surface area contributed by atoms with Crippen molar-refractivity contribution in [1.29, 1.82) is 0 Å². The van der Waals surface area contributed by atoms with Gasteiger partial charge in [0, 0.05) is 12.1 Å². The molecule has 0 heterocycles. The van der Waals surface area contributed by atoms with E-state index in [1.165, 1.54) is 24.3 Å². The molecule has 0 radical (unpaired) electrons. The van der Waals surface area contributed by atoms with Gasteiger partial charge in [0.15, 0.2) is 0 Å². The van der Waals surface area contributed by atoms with E-state index in [4.69, 9.17) is 4.74 Å². The SMILES string of the molecule is COc1ccc(C(CNC(=O)CNC(=O)c2ccc(F)cc2)N(C)C)cc1. The average molecular weight is 373 g/mol. The van der Waals surface area contributed by atoms with Gasteiger partial charge in [-0.2, -0.15) is 0 Å². The number of halogens is 1. The molecule has 2 rings (SSSR count). The normalized spacial score (nSPS) is 11.7. The lowest BCUT2D eigenvalue weighted by molar-refractivity contribution is -0.120. The summed E-state index contributed by atoms with van der Waals surface area (Å²) >= 11 is 0. The van der Waals surface area contributed by atoms with Crippen LogP contribution in [0.25, 0.3) is 0 Å². The molecule has 0 fully saturated rings. The van der Waals surface area contributed by atoms with Crippen molar-refractivity contribution in [3.05, 3.63) is 65.5 Å². The van der Waals surface area contributed by atoms with E-state index < -0.39 is 11.7 Å². The van der Waals surface area contributed by atoms with Crippen LogP contribution in [-0.4, -0.2) is 51.0 Å². The number of amides is 2. The molecule has 27 heavy (non-hydrogen) atoms. The molecule has 0 aromatic heterocycles. The molecule has 7 heteroatoms. The first-order valence-corrected chi connectivity index (χ1v) is 8.51. The molecule has 0 aliphatic carbocycles. The molecule has 0 aliphatic heterocycles. The number of benzene rings is 2. The van der Waals surface area contributed by atoms with Gasteiger partial charge in [-0.15, -0.1) is 0 Å². The average Bonchev–Trinajstić information content (AvgIpc) is 2.67. The lowest BCUT2D eigenvalue weighted by atomic mass is 10.1. The Kier molecular flexibility index (Phi) is 7.31. The van der Waals surface area contributed by atoms with Crippen LogP contribution in [-0.2, 0) is 4.79 Å². The zero-order valence-corrected chi connectivity index (χ0v) is 15.7. The topological polar surface area (TPSA) is 70.7 Å². The molecule has 0 saturated carbocycles. The predicted octanol–water partition coefficient (Wildman–Crippen LogP) is 1.98. The van der Waals surface area contributed by atoms with Gasteiger partial charge in [0.05, 0.1) is 19.7 Å². The fraction of sp³-hybridized carbons (Fsp3) is 0.300. The molecule has 2 amide bonds. The maximum atomic E-state index is 12.9. The van der Waals surface area contributed by atoms with Gasteiger partial charge >= 0.3 is 0 Å². The van der Waals surface area contributed by atoms with Crippen LogP contribution in [0.4, 0.5) is 4.39 Å². The molecule has 144 valence electrons. The van der Waals surface area contributed by atoms with Crippen LogP contribution in [0.3, 0.4) is 0 Å². The van der Waals surface area contributed by atoms with E-state index in [9.17, 15) is 14.0 Å². The Balaban J connectivity index is 1.86. The minimum atomic E-state index is -0.426. The second-order valence-corrected chi connectivity index (χ2v) is 6.25. The Bertz CT molecular complexity index is 761. The van der Waals surface area contributed by atoms with E-state index in [0.717, 1.165) is 11.3 Å². The van der Waals surface area contributed by atoms with E-state index in [1.54, 1.807) is 7.11 Å². The Morgan fingerprint density at radius 1 is 1.04 bits per heavy atom. The zero-order chi connectivity index (χ0) is 19.8. The van der Waals surface area contributed by atoms with E-state index in [0.29, 0.717) is 12.1 Å². The highest BCUT2D eigenvalue weighted by atomic mass is 19.1. The summed E-state index contributed by atoms with van der Waals surface area (Å²) in [5, 5.41) is 5.34. The molecule has 0 spiro atoms. The summed E-state index contributed by atoms with van der Waals surface area (Å²) in [5.41, 5.74) is 1.34. The van der Waals surface area contributed by atoms with Crippen LogP contribution in [0.2, 0.25) is 0 Å². The van der Waals surface area contributed by atoms with Gasteiger partial charge in [-0.05, 0) is 56.1 Å². The zero-order valence-electron chi connectivity index (χ0n) is 15.7. The second-order valence-electron chi connectivity index (χ2n) is 6.25. The van der Waals surface area contributed by atoms with Gasteiger partial charge in [-0.1, -0.05) is 12.1 Å². The molecule has 0 bridgehead atoms. The van der Waals surface area contributed by atoms with Gasteiger partial charge in [0.25, 0.3) is 5.91 Å². The Labute approximate surface area is 158 Å². The van der Waals surface area contributed by atoms with Gasteiger partial charge in [0.1, 0.15) is 11.6 Å². The predicted molar refractivity (Wildman–Crippen MR) is 101 cm³/mol. The quantitative estimate of drug-likeness (QED) is 0.742. The summed E-state index contributed by atoms with van der Waals surface area (Å²) in [7, 11) is 5.47. The number of hydrogen-bond acceptors (Lipinski definition) is 4. The highest BCUT2D eigenvalue weighted by Crippen LogP contribution is 2.20. The molecule has 0 aliphatic rings.